The molecule has 19 aromatic rings. The summed E-state index contributed by atoms with van der Waals surface area (Å²) in [4.78, 5) is 54.4. The Morgan fingerprint density at radius 3 is 0.719 bits per heavy atom. The Labute approximate surface area is 731 Å². The van der Waals surface area contributed by atoms with Crippen LogP contribution in [0.2, 0.25) is 0 Å². The number of hydrogen-bond donors (Lipinski definition) is 0. The largest absolute Gasteiger partial charge is 0.309 e. The van der Waals surface area contributed by atoms with Crippen molar-refractivity contribution in [1.29, 1.82) is 31.6 Å². The fraction of sp³-hybridized carbons (Fsp3) is 0. The van der Waals surface area contributed by atoms with Crippen LogP contribution in [-0.4, -0.2) is 39.0 Å². The molecule has 0 bridgehead atoms. The molecule has 0 spiro atoms. The van der Waals surface area contributed by atoms with Gasteiger partial charge in [0.15, 0.2) is 69.1 Å². The van der Waals surface area contributed by atoms with Gasteiger partial charge in [-0.2, -0.15) is 31.6 Å². The number of fused-ring (bicyclic) bond motifs is 6. The van der Waals surface area contributed by atoms with E-state index in [-0.39, 0.29) is 67.5 Å². The smallest absolute Gasteiger partial charge is 0.197 e. The number of aromatic nitrogens is 8. The summed E-state index contributed by atoms with van der Waals surface area (Å²) in [5, 5.41) is 64.8. The molecule has 0 aliphatic heterocycles. The third kappa shape index (κ3) is 13.6. The molecule has 4 aromatic heterocycles. The lowest BCUT2D eigenvalue weighted by Gasteiger charge is -2.19. The van der Waals surface area contributed by atoms with Crippen LogP contribution in [0.5, 0.6) is 0 Å². The van der Waals surface area contributed by atoms with E-state index in [1.165, 1.54) is 48.5 Å². The zero-order chi connectivity index (χ0) is 87.8. The molecule has 0 radical (unpaired) electrons. The zero-order valence-electron chi connectivity index (χ0n) is 66.8. The fourth-order valence-electron chi connectivity index (χ4n) is 16.8. The minimum atomic E-state index is 0.0826. The number of nitrogens with zero attached hydrogens (tertiary/aromatic N) is 20. The molecule has 0 aliphatic carbocycles. The average molecular weight is 1630 g/mol. The molecule has 0 saturated heterocycles. The molecule has 15 aromatic carbocycles. The van der Waals surface area contributed by atoms with E-state index in [0.29, 0.717) is 168 Å². The molecule has 0 atom stereocenters. The highest BCUT2D eigenvalue weighted by atomic mass is 15.1. The van der Waals surface area contributed by atoms with E-state index >= 15 is 0 Å². The van der Waals surface area contributed by atoms with Gasteiger partial charge in [-0.05, 0) is 160 Å². The van der Waals surface area contributed by atoms with Crippen LogP contribution in [0.25, 0.3) is 219 Å². The summed E-state index contributed by atoms with van der Waals surface area (Å²) in [6.07, 6.45) is 0. The van der Waals surface area contributed by atoms with Gasteiger partial charge in [0.25, 0.3) is 0 Å². The van der Waals surface area contributed by atoms with Crippen molar-refractivity contribution in [1.82, 2.24) is 39.0 Å². The fourth-order valence-corrected chi connectivity index (χ4v) is 16.8. The Bertz CT molecular complexity index is 7540. The highest BCUT2D eigenvalue weighted by molar-refractivity contribution is 6.16. The number of rotatable bonds is 14. The topological polar surface area (TPSA) is 256 Å². The Morgan fingerprint density at radius 1 is 0.211 bits per heavy atom. The molecule has 582 valence electrons. The summed E-state index contributed by atoms with van der Waals surface area (Å²) in [7, 11) is 0. The first-order chi connectivity index (χ1) is 62.8. The molecule has 0 saturated carbocycles. The normalized spacial score (nSPS) is 10.7. The summed E-state index contributed by atoms with van der Waals surface area (Å²) in [5.41, 5.74) is 15.2. The molecule has 0 amide bonds. The predicted molar refractivity (Wildman–Crippen MR) is 493 cm³/mol. The lowest BCUT2D eigenvalue weighted by molar-refractivity contribution is 1.07. The lowest BCUT2D eigenvalue weighted by Crippen LogP contribution is -2.03. The van der Waals surface area contributed by atoms with Crippen LogP contribution in [0.15, 0.2) is 303 Å². The molecule has 20 nitrogen and oxygen atoms in total. The van der Waals surface area contributed by atoms with Crippen molar-refractivity contribution in [2.45, 2.75) is 0 Å². The monoisotopic (exact) mass is 1630 g/mol. The van der Waals surface area contributed by atoms with Crippen molar-refractivity contribution in [3.05, 3.63) is 405 Å². The summed E-state index contributed by atoms with van der Waals surface area (Å²) in [6, 6.07) is 106. The van der Waals surface area contributed by atoms with Gasteiger partial charge in [0.2, 0.25) is 0 Å². The Morgan fingerprint density at radius 2 is 0.453 bits per heavy atom. The minimum Gasteiger partial charge on any atom is -0.309 e. The van der Waals surface area contributed by atoms with Crippen molar-refractivity contribution >= 4 is 77.7 Å². The molecule has 19 rings (SSSR count). The second-order valence-corrected chi connectivity index (χ2v) is 29.7. The van der Waals surface area contributed by atoms with E-state index in [4.69, 9.17) is 69.3 Å². The molecule has 0 fully saturated rings. The van der Waals surface area contributed by atoms with Gasteiger partial charge in [-0.1, -0.05) is 188 Å². The number of hydrogen-bond acceptors (Lipinski definition) is 12. The first-order valence-electron chi connectivity index (χ1n) is 39.6. The summed E-state index contributed by atoms with van der Waals surface area (Å²) >= 11 is 0. The van der Waals surface area contributed by atoms with Gasteiger partial charge in [0, 0.05) is 99.4 Å². The van der Waals surface area contributed by atoms with Crippen molar-refractivity contribution in [2.75, 3.05) is 0 Å². The SMILES string of the molecule is [C-]#[N+]c1cc(C#N)cc(C#N)c1-c1ccc2c(c1)c1cc(-c3c([N+]#[C-])cc(C#N)cc3[N+]#[C-])ccc1n2-c1cc(-c2nc(-c3ccccc3)nc(-c3ccccc3)n2)ccc1-c1cccc(-c2ccc(-c3nc(-c4ccccc4)nc(-c4ccccc4)n3)cc2-n2c3ccc(-c4c(C#N)cc(C#N)cc4[N+]#[C-])cc3c3cc(-c4c([N+]#[C-])cc(C#N)cc4[N+]#[C-])ccc32)c1. The molecule has 4 heterocycles. The van der Waals surface area contributed by atoms with Crippen LogP contribution in [0.4, 0.5) is 34.1 Å². The van der Waals surface area contributed by atoms with Crippen LogP contribution < -0.4 is 0 Å². The van der Waals surface area contributed by atoms with Gasteiger partial charge < -0.3 is 9.13 Å². The van der Waals surface area contributed by atoms with Crippen molar-refractivity contribution in [3.63, 3.8) is 0 Å². The van der Waals surface area contributed by atoms with Gasteiger partial charge in [0.05, 0.1) is 120 Å². The highest BCUT2D eigenvalue weighted by Gasteiger charge is 2.28. The third-order valence-corrected chi connectivity index (χ3v) is 22.5. The van der Waals surface area contributed by atoms with Crippen molar-refractivity contribution < 1.29 is 0 Å². The summed E-state index contributed by atoms with van der Waals surface area (Å²) < 4.78 is 4.24. The molecule has 0 unspecified atom stereocenters. The van der Waals surface area contributed by atoms with Crippen LogP contribution >= 0.6 is 0 Å². The van der Waals surface area contributed by atoms with E-state index in [9.17, 15) is 31.6 Å². The first-order valence-corrected chi connectivity index (χ1v) is 39.6. The van der Waals surface area contributed by atoms with Gasteiger partial charge in [0.1, 0.15) is 0 Å². The summed E-state index contributed by atoms with van der Waals surface area (Å²) in [6.45, 7) is 50.6. The Kier molecular flexibility index (Phi) is 19.7. The van der Waals surface area contributed by atoms with Crippen molar-refractivity contribution in [3.8, 4) is 183 Å². The lowest BCUT2D eigenvalue weighted by atomic mass is 9.94. The maximum atomic E-state index is 10.8. The van der Waals surface area contributed by atoms with E-state index in [0.717, 1.165) is 22.3 Å². The molecule has 0 aliphatic rings. The third-order valence-electron chi connectivity index (χ3n) is 22.5. The van der Waals surface area contributed by atoms with Gasteiger partial charge >= 0.3 is 0 Å². The standard InChI is InChI=1S/C108H50N20/c1-115-87-44-63(57-109)42-79(61-113)99(87)73-32-38-93-83(51-73)85-53-75(101-89(117-3)46-65(59-111)47-90(101)118-4)34-40-95(85)127(93)97-55-77(107-123-103(67-20-11-7-12-21-67)121-104(124-107)68-22-13-8-14-23-68)30-36-81(97)71-28-19-29-72(50-71)82-37-31-78(108-125-105(69-24-15-9-16-25-69)122-106(126-108)70-26-17-10-18-27-70)56-98(82)128-94-39-33-74(100-80(62-114)43-64(58-110)45-88(100)116-2)52-84(94)86-54-76(35-41-96(86)128)102-91(119-5)48-66(60-112)49-92(102)120-6/h7-56H. The second-order valence-electron chi connectivity index (χ2n) is 29.7. The van der Waals surface area contributed by atoms with Gasteiger partial charge in [-0.15, -0.1) is 0 Å². The average Bonchev–Trinajstić information content (AvgIpc) is 1.57. The quantitative estimate of drug-likeness (QED) is 0.0921. The van der Waals surface area contributed by atoms with Crippen LogP contribution in [-0.2, 0) is 0 Å². The van der Waals surface area contributed by atoms with Gasteiger partial charge in [-0.25, -0.2) is 59.0 Å². The molecular weight excluding hydrogens is 1580 g/mol. The molecule has 0 N–H and O–H groups in total. The van der Waals surface area contributed by atoms with E-state index < -0.39 is 0 Å². The Balaban J connectivity index is 0.904. The first kappa shape index (κ1) is 77.7. The summed E-state index contributed by atoms with van der Waals surface area (Å²) in [5.74, 6) is 2.35. The predicted octanol–water partition coefficient (Wildman–Crippen LogP) is 26.8. The maximum absolute atomic E-state index is 10.8. The highest BCUT2D eigenvalue weighted by Crippen LogP contribution is 2.50. The van der Waals surface area contributed by atoms with Crippen molar-refractivity contribution in [2.24, 2.45) is 0 Å². The van der Waals surface area contributed by atoms with Crippen LogP contribution in [0, 0.1) is 107 Å². The van der Waals surface area contributed by atoms with Gasteiger partial charge in [-0.3, -0.25) is 0 Å². The van der Waals surface area contributed by atoms with E-state index in [1.807, 2.05) is 249 Å². The second kappa shape index (κ2) is 32.5. The Hall–Kier alpha value is -20.2. The maximum Gasteiger partial charge on any atom is 0.197 e. The molecular formula is C108H50N20. The van der Waals surface area contributed by atoms with Crippen LogP contribution in [0.1, 0.15) is 33.4 Å². The molecule has 20 heteroatoms. The molecule has 128 heavy (non-hydrogen) atoms. The van der Waals surface area contributed by atoms with Crippen LogP contribution in [0.3, 0.4) is 0 Å². The number of nitriles is 6. The number of benzene rings is 15. The van der Waals surface area contributed by atoms with E-state index in [1.54, 1.807) is 0 Å². The zero-order valence-corrected chi connectivity index (χ0v) is 66.8. The minimum absolute atomic E-state index is 0.0826. The van der Waals surface area contributed by atoms with E-state index in [2.05, 4.69) is 80.7 Å².